The number of carbonyl (C=O) groups excluding carboxylic acids is 1. The summed E-state index contributed by atoms with van der Waals surface area (Å²) in [4.78, 5) is 17.3. The molecule has 0 unspecified atom stereocenters. The number of carbonyl (C=O) groups is 1. The minimum atomic E-state index is -0.443. The van der Waals surface area contributed by atoms with Crippen LogP contribution < -0.4 is 5.32 Å². The normalized spacial score (nSPS) is 15.5. The van der Waals surface area contributed by atoms with Crippen LogP contribution in [0.25, 0.3) is 11.0 Å². The summed E-state index contributed by atoms with van der Waals surface area (Å²) in [5.74, 6) is 0.00669. The van der Waals surface area contributed by atoms with Crippen molar-refractivity contribution in [3.8, 4) is 0 Å². The second kappa shape index (κ2) is 5.85. The van der Waals surface area contributed by atoms with Crippen LogP contribution in [0.2, 0.25) is 5.02 Å². The number of benzene rings is 1. The molecular formula is C19H19ClN4O. The highest BCUT2D eigenvalue weighted by atomic mass is 35.5. The highest BCUT2D eigenvalue weighted by Gasteiger charge is 2.51. The molecule has 0 bridgehead atoms. The van der Waals surface area contributed by atoms with E-state index in [1.165, 1.54) is 0 Å². The third-order valence-corrected chi connectivity index (χ3v) is 5.01. The van der Waals surface area contributed by atoms with Crippen LogP contribution >= 0.6 is 11.6 Å². The van der Waals surface area contributed by atoms with Gasteiger partial charge in [0.15, 0.2) is 5.65 Å². The third-order valence-electron chi connectivity index (χ3n) is 4.76. The Morgan fingerprint density at radius 2 is 1.96 bits per heavy atom. The zero-order chi connectivity index (χ0) is 17.6. The molecule has 1 aliphatic carbocycles. The lowest BCUT2D eigenvalue weighted by molar-refractivity contribution is -0.118. The Hall–Kier alpha value is -2.40. The lowest BCUT2D eigenvalue weighted by Crippen LogP contribution is -2.27. The lowest BCUT2D eigenvalue weighted by Gasteiger charge is -2.16. The fraction of sp³-hybridized carbons (Fsp3) is 0.316. The number of hydrogen-bond donors (Lipinski definition) is 1. The number of rotatable bonds is 4. The van der Waals surface area contributed by atoms with E-state index in [1.54, 1.807) is 12.4 Å². The van der Waals surface area contributed by atoms with E-state index in [-0.39, 0.29) is 11.9 Å². The van der Waals surface area contributed by atoms with Crippen LogP contribution in [-0.2, 0) is 10.2 Å². The molecule has 5 nitrogen and oxygen atoms in total. The van der Waals surface area contributed by atoms with E-state index in [1.807, 2.05) is 35.0 Å². The van der Waals surface area contributed by atoms with Crippen molar-refractivity contribution in [2.45, 2.75) is 38.1 Å². The summed E-state index contributed by atoms with van der Waals surface area (Å²) in [7, 11) is 0. The highest BCUT2D eigenvalue weighted by Crippen LogP contribution is 2.49. The monoisotopic (exact) mass is 354 g/mol. The number of hydrogen-bond acceptors (Lipinski definition) is 3. The van der Waals surface area contributed by atoms with Crippen LogP contribution in [-0.4, -0.2) is 20.7 Å². The van der Waals surface area contributed by atoms with Gasteiger partial charge >= 0.3 is 0 Å². The number of nitrogens with zero attached hydrogens (tertiary/aromatic N) is 3. The molecule has 0 atom stereocenters. The molecule has 0 radical (unpaired) electrons. The van der Waals surface area contributed by atoms with Crippen molar-refractivity contribution in [1.29, 1.82) is 0 Å². The Labute approximate surface area is 151 Å². The molecule has 25 heavy (non-hydrogen) atoms. The number of nitrogens with one attached hydrogen (secondary N) is 1. The van der Waals surface area contributed by atoms with Crippen molar-refractivity contribution >= 4 is 34.2 Å². The predicted molar refractivity (Wildman–Crippen MR) is 98.9 cm³/mol. The first-order valence-corrected chi connectivity index (χ1v) is 8.78. The third kappa shape index (κ3) is 2.78. The molecule has 6 heteroatoms. The van der Waals surface area contributed by atoms with E-state index in [9.17, 15) is 4.79 Å². The van der Waals surface area contributed by atoms with Gasteiger partial charge in [-0.2, -0.15) is 5.10 Å². The summed E-state index contributed by atoms with van der Waals surface area (Å²) in [6, 6.07) is 9.69. The second-order valence-electron chi connectivity index (χ2n) is 6.86. The van der Waals surface area contributed by atoms with Gasteiger partial charge in [0.05, 0.1) is 23.5 Å². The molecule has 1 aromatic carbocycles. The van der Waals surface area contributed by atoms with Gasteiger partial charge in [-0.05, 0) is 50.5 Å². The molecular weight excluding hydrogens is 336 g/mol. The van der Waals surface area contributed by atoms with Crippen LogP contribution in [0.15, 0.2) is 42.7 Å². The van der Waals surface area contributed by atoms with Gasteiger partial charge in [0.2, 0.25) is 5.91 Å². The molecule has 1 amide bonds. The smallest absolute Gasteiger partial charge is 0.235 e. The van der Waals surface area contributed by atoms with Crippen LogP contribution in [0.5, 0.6) is 0 Å². The minimum Gasteiger partial charge on any atom is -0.324 e. The predicted octanol–water partition coefficient (Wildman–Crippen LogP) is 4.34. The summed E-state index contributed by atoms with van der Waals surface area (Å²) in [6.07, 6.45) is 5.17. The van der Waals surface area contributed by atoms with Crippen LogP contribution in [0.1, 0.15) is 38.3 Å². The Morgan fingerprint density at radius 3 is 2.60 bits per heavy atom. The maximum absolute atomic E-state index is 12.8. The molecule has 0 saturated heterocycles. The molecule has 2 heterocycles. The van der Waals surface area contributed by atoms with Crippen molar-refractivity contribution < 1.29 is 4.79 Å². The van der Waals surface area contributed by atoms with Gasteiger partial charge in [-0.3, -0.25) is 4.79 Å². The molecule has 128 valence electrons. The Morgan fingerprint density at radius 1 is 1.24 bits per heavy atom. The zero-order valence-electron chi connectivity index (χ0n) is 14.2. The quantitative estimate of drug-likeness (QED) is 0.758. The summed E-state index contributed by atoms with van der Waals surface area (Å²) >= 11 is 5.95. The number of anilines is 1. The molecule has 1 aliphatic rings. The van der Waals surface area contributed by atoms with E-state index in [4.69, 9.17) is 11.6 Å². The largest absolute Gasteiger partial charge is 0.324 e. The van der Waals surface area contributed by atoms with Gasteiger partial charge in [-0.25, -0.2) is 9.67 Å². The summed E-state index contributed by atoms with van der Waals surface area (Å²) < 4.78 is 1.87. The van der Waals surface area contributed by atoms with E-state index in [0.29, 0.717) is 10.7 Å². The number of amides is 1. The average Bonchev–Trinajstić information content (AvgIpc) is 3.29. The molecule has 1 N–H and O–H groups in total. The van der Waals surface area contributed by atoms with Crippen molar-refractivity contribution in [1.82, 2.24) is 14.8 Å². The van der Waals surface area contributed by atoms with E-state index in [2.05, 4.69) is 29.2 Å². The number of aromatic nitrogens is 3. The molecule has 1 saturated carbocycles. The van der Waals surface area contributed by atoms with E-state index in [0.717, 1.165) is 29.4 Å². The Bertz CT molecular complexity index is 942. The number of halogens is 1. The van der Waals surface area contributed by atoms with Crippen molar-refractivity contribution in [2.75, 3.05) is 5.32 Å². The molecule has 0 spiro atoms. The lowest BCUT2D eigenvalue weighted by atomic mass is 9.95. The molecule has 4 rings (SSSR count). The molecule has 2 aromatic heterocycles. The first-order chi connectivity index (χ1) is 12.0. The fourth-order valence-electron chi connectivity index (χ4n) is 3.18. The Balaban J connectivity index is 1.58. The standard InChI is InChI=1S/C19H19ClN4O/c1-12(2)24-17-13(10-22-24)9-16(11-21-17)23-18(25)19(7-8-19)14-3-5-15(20)6-4-14/h3-6,9-12H,7-8H2,1-2H3,(H,23,25). The maximum atomic E-state index is 12.8. The maximum Gasteiger partial charge on any atom is 0.235 e. The SMILES string of the molecule is CC(C)n1ncc2cc(NC(=O)C3(c4ccc(Cl)cc4)CC3)cnc21. The van der Waals surface area contributed by atoms with Gasteiger partial charge in [-0.1, -0.05) is 23.7 Å². The van der Waals surface area contributed by atoms with Gasteiger partial charge in [-0.15, -0.1) is 0 Å². The summed E-state index contributed by atoms with van der Waals surface area (Å²) in [6.45, 7) is 4.12. The Kier molecular flexibility index (Phi) is 3.76. The zero-order valence-corrected chi connectivity index (χ0v) is 14.9. The van der Waals surface area contributed by atoms with Crippen LogP contribution in [0.3, 0.4) is 0 Å². The van der Waals surface area contributed by atoms with Crippen molar-refractivity contribution in [2.24, 2.45) is 0 Å². The molecule has 3 aromatic rings. The van der Waals surface area contributed by atoms with Gasteiger partial charge in [0.25, 0.3) is 0 Å². The molecule has 0 aliphatic heterocycles. The van der Waals surface area contributed by atoms with Crippen LogP contribution in [0.4, 0.5) is 5.69 Å². The van der Waals surface area contributed by atoms with Gasteiger partial charge in [0, 0.05) is 16.5 Å². The minimum absolute atomic E-state index is 0.00669. The summed E-state index contributed by atoms with van der Waals surface area (Å²) in [5, 5.41) is 8.97. The average molecular weight is 355 g/mol. The first-order valence-electron chi connectivity index (χ1n) is 8.40. The first kappa shape index (κ1) is 16.1. The van der Waals surface area contributed by atoms with Gasteiger partial charge in [0.1, 0.15) is 0 Å². The summed E-state index contributed by atoms with van der Waals surface area (Å²) in [5.41, 5.74) is 2.09. The van der Waals surface area contributed by atoms with E-state index < -0.39 is 5.41 Å². The fourth-order valence-corrected chi connectivity index (χ4v) is 3.30. The number of fused-ring (bicyclic) bond motifs is 1. The molecule has 1 fully saturated rings. The van der Waals surface area contributed by atoms with E-state index >= 15 is 0 Å². The van der Waals surface area contributed by atoms with Crippen molar-refractivity contribution in [3.63, 3.8) is 0 Å². The van der Waals surface area contributed by atoms with Crippen molar-refractivity contribution in [3.05, 3.63) is 53.3 Å². The topological polar surface area (TPSA) is 59.8 Å². The second-order valence-corrected chi connectivity index (χ2v) is 7.30. The highest BCUT2D eigenvalue weighted by molar-refractivity contribution is 6.30. The number of pyridine rings is 1. The van der Waals surface area contributed by atoms with Gasteiger partial charge < -0.3 is 5.32 Å². The van der Waals surface area contributed by atoms with Crippen LogP contribution in [0, 0.1) is 0 Å².